The second-order valence-corrected chi connectivity index (χ2v) is 8.35. The third-order valence-corrected chi connectivity index (χ3v) is 5.97. The Morgan fingerprint density at radius 2 is 1.94 bits per heavy atom. The number of aliphatic hydroxyl groups excluding tert-OH is 1. The highest BCUT2D eigenvalue weighted by Gasteiger charge is 2.23. The maximum absolute atomic E-state index is 13.3. The molecule has 31 heavy (non-hydrogen) atoms. The number of thiophene rings is 1. The Bertz CT molecular complexity index is 1160. The van der Waals surface area contributed by atoms with Crippen molar-refractivity contribution in [2.45, 2.75) is 65.9 Å². The minimum Gasteiger partial charge on any atom is -0.388 e. The van der Waals surface area contributed by atoms with Gasteiger partial charge in [0.2, 0.25) is 5.91 Å². The maximum atomic E-state index is 13.3. The molecule has 0 aliphatic heterocycles. The summed E-state index contributed by atoms with van der Waals surface area (Å²) in [5, 5.41) is 13.6. The van der Waals surface area contributed by atoms with Gasteiger partial charge in [0, 0.05) is 26.7 Å². The first-order valence-corrected chi connectivity index (χ1v) is 11.5. The lowest BCUT2D eigenvalue weighted by molar-refractivity contribution is -0.131. The molecule has 0 spiro atoms. The van der Waals surface area contributed by atoms with E-state index >= 15 is 0 Å². The normalized spacial score (nSPS) is 11.4. The molecule has 0 aliphatic rings. The SMILES string of the molecule is CCCCn1c(=O)n(CC(=O)N(C)Cc2ccsc2)c(=O)c2c1nc(CO)n2CCC. The first-order chi connectivity index (χ1) is 14.9. The molecule has 168 valence electrons. The van der Waals surface area contributed by atoms with Crippen LogP contribution >= 0.6 is 11.3 Å². The predicted molar refractivity (Wildman–Crippen MR) is 120 cm³/mol. The molecule has 0 saturated carbocycles. The molecular formula is C21H29N5O4S. The second-order valence-electron chi connectivity index (χ2n) is 7.57. The molecule has 0 bridgehead atoms. The van der Waals surface area contributed by atoms with Crippen LogP contribution in [-0.2, 0) is 37.6 Å². The van der Waals surface area contributed by atoms with Gasteiger partial charge in [0.1, 0.15) is 19.0 Å². The first kappa shape index (κ1) is 23.0. The van der Waals surface area contributed by atoms with Gasteiger partial charge in [-0.3, -0.25) is 14.2 Å². The van der Waals surface area contributed by atoms with Gasteiger partial charge >= 0.3 is 5.69 Å². The summed E-state index contributed by atoms with van der Waals surface area (Å²) in [4.78, 5) is 45.3. The van der Waals surface area contributed by atoms with Crippen molar-refractivity contribution in [2.24, 2.45) is 0 Å². The van der Waals surface area contributed by atoms with Crippen LogP contribution in [0, 0.1) is 0 Å². The highest BCUT2D eigenvalue weighted by molar-refractivity contribution is 7.07. The first-order valence-electron chi connectivity index (χ1n) is 10.5. The third kappa shape index (κ3) is 4.64. The van der Waals surface area contributed by atoms with Crippen LogP contribution in [0.5, 0.6) is 0 Å². The second kappa shape index (κ2) is 10.1. The van der Waals surface area contributed by atoms with Gasteiger partial charge in [-0.15, -0.1) is 0 Å². The van der Waals surface area contributed by atoms with E-state index < -0.39 is 11.2 Å². The van der Waals surface area contributed by atoms with Gasteiger partial charge in [-0.05, 0) is 35.2 Å². The Balaban J connectivity index is 2.09. The molecule has 0 radical (unpaired) electrons. The molecule has 1 N–H and O–H groups in total. The van der Waals surface area contributed by atoms with Gasteiger partial charge in [0.15, 0.2) is 11.2 Å². The summed E-state index contributed by atoms with van der Waals surface area (Å²) in [6, 6.07) is 1.93. The number of carbonyl (C=O) groups is 1. The lowest BCUT2D eigenvalue weighted by Gasteiger charge is -2.18. The van der Waals surface area contributed by atoms with Gasteiger partial charge in [-0.2, -0.15) is 11.3 Å². The van der Waals surface area contributed by atoms with Crippen LogP contribution in [0.4, 0.5) is 0 Å². The molecular weight excluding hydrogens is 418 g/mol. The number of hydrogen-bond donors (Lipinski definition) is 1. The predicted octanol–water partition coefficient (Wildman–Crippen LogP) is 1.78. The highest BCUT2D eigenvalue weighted by atomic mass is 32.1. The molecule has 3 aromatic rings. The van der Waals surface area contributed by atoms with Crippen LogP contribution in [-0.4, -0.2) is 41.6 Å². The fraction of sp³-hybridized carbons (Fsp3) is 0.524. The van der Waals surface area contributed by atoms with Crippen LogP contribution in [0.3, 0.4) is 0 Å². The Labute approximate surface area is 184 Å². The van der Waals surface area contributed by atoms with Crippen molar-refractivity contribution in [3.63, 3.8) is 0 Å². The number of carbonyl (C=O) groups excluding carboxylic acids is 1. The van der Waals surface area contributed by atoms with Crippen LogP contribution in [0.25, 0.3) is 11.2 Å². The van der Waals surface area contributed by atoms with Gasteiger partial charge in [0.25, 0.3) is 5.56 Å². The largest absolute Gasteiger partial charge is 0.388 e. The van der Waals surface area contributed by atoms with Crippen LogP contribution in [0.2, 0.25) is 0 Å². The van der Waals surface area contributed by atoms with E-state index in [9.17, 15) is 19.5 Å². The van der Waals surface area contributed by atoms with Crippen LogP contribution < -0.4 is 11.2 Å². The molecule has 0 atom stereocenters. The number of hydrogen-bond acceptors (Lipinski definition) is 6. The monoisotopic (exact) mass is 447 g/mol. The number of fused-ring (bicyclic) bond motifs is 1. The number of imidazole rings is 1. The molecule has 0 unspecified atom stereocenters. The number of aliphatic hydroxyl groups is 1. The summed E-state index contributed by atoms with van der Waals surface area (Å²) < 4.78 is 4.12. The summed E-state index contributed by atoms with van der Waals surface area (Å²) in [5.74, 6) is 0.0213. The maximum Gasteiger partial charge on any atom is 0.333 e. The molecule has 3 heterocycles. The molecule has 9 nitrogen and oxygen atoms in total. The zero-order valence-corrected chi connectivity index (χ0v) is 19.0. The molecule has 3 rings (SSSR count). The Hall–Kier alpha value is -2.72. The van der Waals surface area contributed by atoms with Crippen molar-refractivity contribution in [1.82, 2.24) is 23.6 Å². The van der Waals surface area contributed by atoms with E-state index in [0.717, 1.165) is 29.4 Å². The number of likely N-dealkylation sites (N-methyl/N-ethyl adjacent to an activating group) is 1. The standard InChI is InChI=1S/C21H29N5O4S/c1-4-6-9-25-19-18(24(8-5-2)16(13-27)22-19)20(29)26(21(25)30)12-17(28)23(3)11-15-7-10-31-14-15/h7,10,14,27H,4-6,8-9,11-13H2,1-3H3. The number of rotatable bonds is 10. The lowest BCUT2D eigenvalue weighted by Crippen LogP contribution is -2.44. The Morgan fingerprint density at radius 3 is 2.55 bits per heavy atom. The zero-order chi connectivity index (χ0) is 22.5. The number of nitrogens with zero attached hydrogens (tertiary/aromatic N) is 5. The minimum absolute atomic E-state index is 0.259. The van der Waals surface area contributed by atoms with Gasteiger partial charge in [-0.25, -0.2) is 14.3 Å². The van der Waals surface area contributed by atoms with E-state index in [-0.39, 0.29) is 30.2 Å². The fourth-order valence-corrected chi connectivity index (χ4v) is 4.24. The third-order valence-electron chi connectivity index (χ3n) is 5.24. The van der Waals surface area contributed by atoms with Crippen molar-refractivity contribution >= 4 is 28.4 Å². The van der Waals surface area contributed by atoms with Crippen molar-refractivity contribution < 1.29 is 9.90 Å². The smallest absolute Gasteiger partial charge is 0.333 e. The molecule has 0 saturated heterocycles. The van der Waals surface area contributed by atoms with Gasteiger partial charge in [0.05, 0.1) is 0 Å². The van der Waals surface area contributed by atoms with Crippen LogP contribution in [0.15, 0.2) is 26.4 Å². The number of amides is 1. The zero-order valence-electron chi connectivity index (χ0n) is 18.2. The minimum atomic E-state index is -0.550. The Kier molecular flexibility index (Phi) is 7.45. The summed E-state index contributed by atoms with van der Waals surface area (Å²) >= 11 is 1.55. The molecule has 10 heteroatoms. The van der Waals surface area contributed by atoms with Crippen molar-refractivity contribution in [3.8, 4) is 0 Å². The van der Waals surface area contributed by atoms with E-state index in [1.807, 2.05) is 30.7 Å². The van der Waals surface area contributed by atoms with Crippen molar-refractivity contribution in [1.29, 1.82) is 0 Å². The van der Waals surface area contributed by atoms with Crippen molar-refractivity contribution in [3.05, 3.63) is 49.1 Å². The number of aryl methyl sites for hydroxylation is 2. The van der Waals surface area contributed by atoms with E-state index in [2.05, 4.69) is 4.98 Å². The average Bonchev–Trinajstić information content (AvgIpc) is 3.39. The molecule has 0 aliphatic carbocycles. The lowest BCUT2D eigenvalue weighted by atomic mass is 10.3. The topological polar surface area (TPSA) is 102 Å². The number of aromatic nitrogens is 4. The van der Waals surface area contributed by atoms with Gasteiger partial charge < -0.3 is 14.6 Å². The Morgan fingerprint density at radius 1 is 1.16 bits per heavy atom. The summed E-state index contributed by atoms with van der Waals surface area (Å²) in [6.45, 7) is 4.58. The summed E-state index contributed by atoms with van der Waals surface area (Å²) in [5.41, 5.74) is 0.434. The van der Waals surface area contributed by atoms with E-state index in [0.29, 0.717) is 25.5 Å². The number of unbranched alkanes of at least 4 members (excludes halogenated alkanes) is 1. The molecule has 3 aromatic heterocycles. The quantitative estimate of drug-likeness (QED) is 0.510. The highest BCUT2D eigenvalue weighted by Crippen LogP contribution is 2.14. The molecule has 0 fully saturated rings. The van der Waals surface area contributed by atoms with E-state index in [1.54, 1.807) is 23.0 Å². The van der Waals surface area contributed by atoms with E-state index in [4.69, 9.17) is 0 Å². The van der Waals surface area contributed by atoms with Crippen LogP contribution in [0.1, 0.15) is 44.5 Å². The van der Waals surface area contributed by atoms with Gasteiger partial charge in [-0.1, -0.05) is 20.3 Å². The van der Waals surface area contributed by atoms with E-state index in [1.165, 1.54) is 9.47 Å². The summed E-state index contributed by atoms with van der Waals surface area (Å²) in [6.07, 6.45) is 2.32. The fourth-order valence-electron chi connectivity index (χ4n) is 3.58. The molecule has 1 amide bonds. The van der Waals surface area contributed by atoms with Crippen molar-refractivity contribution in [2.75, 3.05) is 7.05 Å². The molecule has 0 aromatic carbocycles. The average molecular weight is 448 g/mol. The summed E-state index contributed by atoms with van der Waals surface area (Å²) in [7, 11) is 1.66.